The minimum absolute atomic E-state index is 0.0931. The number of halogens is 1. The normalized spacial score (nSPS) is 12.7. The SMILES string of the molecule is CC(C)(C)OC(=O)c1c(NC(=O)Cc2ccc(NC(=O)c3cccc(Br)c3)cc2)nc2n1CCC2. The number of aryl methyl sites for hydroxylation is 1. The Labute approximate surface area is 212 Å². The molecule has 0 radical (unpaired) electrons. The molecule has 0 unspecified atom stereocenters. The fraction of sp³-hybridized carbons (Fsp3) is 0.308. The summed E-state index contributed by atoms with van der Waals surface area (Å²) in [7, 11) is 0. The number of benzene rings is 2. The lowest BCUT2D eigenvalue weighted by Crippen LogP contribution is -2.26. The highest BCUT2D eigenvalue weighted by molar-refractivity contribution is 9.10. The standard InChI is InChI=1S/C26H27BrN4O4/c1-26(2,3)35-25(34)22-23(29-20-8-5-13-31(20)22)30-21(32)14-16-9-11-19(12-10-16)28-24(33)17-6-4-7-18(27)15-17/h4,6-7,9-12,15H,5,8,13-14H2,1-3H3,(H,28,33)(H,30,32). The predicted octanol–water partition coefficient (Wildman–Crippen LogP) is 4.98. The van der Waals surface area contributed by atoms with Crippen LogP contribution in [0.5, 0.6) is 0 Å². The first kappa shape index (κ1) is 24.7. The second-order valence-corrected chi connectivity index (χ2v) is 10.3. The number of amides is 2. The Morgan fingerprint density at radius 1 is 1.09 bits per heavy atom. The van der Waals surface area contributed by atoms with Gasteiger partial charge in [-0.3, -0.25) is 9.59 Å². The number of esters is 1. The maximum absolute atomic E-state index is 12.8. The highest BCUT2D eigenvalue weighted by Gasteiger charge is 2.30. The van der Waals surface area contributed by atoms with Crippen molar-refractivity contribution in [2.75, 3.05) is 10.6 Å². The van der Waals surface area contributed by atoms with E-state index in [1.807, 2.05) is 10.6 Å². The Kier molecular flexibility index (Phi) is 7.07. The quantitative estimate of drug-likeness (QED) is 0.431. The van der Waals surface area contributed by atoms with E-state index in [1.54, 1.807) is 63.2 Å². The molecule has 8 nitrogen and oxygen atoms in total. The number of rotatable bonds is 6. The number of nitrogens with one attached hydrogen (secondary N) is 2. The Hall–Kier alpha value is -3.46. The number of hydrogen-bond acceptors (Lipinski definition) is 5. The summed E-state index contributed by atoms with van der Waals surface area (Å²) >= 11 is 3.36. The summed E-state index contributed by atoms with van der Waals surface area (Å²) in [5.41, 5.74) is 1.54. The van der Waals surface area contributed by atoms with Gasteiger partial charge in [-0.2, -0.15) is 0 Å². The Bertz CT molecular complexity index is 1280. The van der Waals surface area contributed by atoms with Gasteiger partial charge in [-0.25, -0.2) is 9.78 Å². The van der Waals surface area contributed by atoms with Gasteiger partial charge in [-0.1, -0.05) is 34.1 Å². The van der Waals surface area contributed by atoms with Gasteiger partial charge in [-0.05, 0) is 63.1 Å². The summed E-state index contributed by atoms with van der Waals surface area (Å²) in [6.45, 7) is 6.07. The van der Waals surface area contributed by atoms with Crippen molar-refractivity contribution in [3.8, 4) is 0 Å². The van der Waals surface area contributed by atoms with Crippen molar-refractivity contribution >= 4 is 45.2 Å². The summed E-state index contributed by atoms with van der Waals surface area (Å²) in [6, 6.07) is 14.2. The average Bonchev–Trinajstić information content (AvgIpc) is 3.34. The lowest BCUT2D eigenvalue weighted by molar-refractivity contribution is -0.115. The molecule has 2 N–H and O–H groups in total. The van der Waals surface area contributed by atoms with Crippen molar-refractivity contribution < 1.29 is 19.1 Å². The number of nitrogens with zero attached hydrogens (tertiary/aromatic N) is 2. The molecule has 35 heavy (non-hydrogen) atoms. The van der Waals surface area contributed by atoms with Crippen LogP contribution < -0.4 is 10.6 Å². The van der Waals surface area contributed by atoms with E-state index in [-0.39, 0.29) is 29.7 Å². The lowest BCUT2D eigenvalue weighted by atomic mass is 10.1. The predicted molar refractivity (Wildman–Crippen MR) is 137 cm³/mol. The van der Waals surface area contributed by atoms with Gasteiger partial charge in [-0.15, -0.1) is 0 Å². The van der Waals surface area contributed by atoms with Crippen molar-refractivity contribution in [2.24, 2.45) is 0 Å². The zero-order chi connectivity index (χ0) is 25.2. The summed E-state index contributed by atoms with van der Waals surface area (Å²) < 4.78 is 8.19. The first-order valence-electron chi connectivity index (χ1n) is 11.4. The first-order valence-corrected chi connectivity index (χ1v) is 12.2. The van der Waals surface area contributed by atoms with Crippen LogP contribution in [0.4, 0.5) is 11.5 Å². The molecular formula is C26H27BrN4O4. The van der Waals surface area contributed by atoms with Crippen LogP contribution in [-0.4, -0.2) is 32.9 Å². The number of aromatic nitrogens is 2. The maximum atomic E-state index is 12.8. The maximum Gasteiger partial charge on any atom is 0.359 e. The molecule has 0 atom stereocenters. The number of fused-ring (bicyclic) bond motifs is 1. The van der Waals surface area contributed by atoms with Crippen LogP contribution in [0.3, 0.4) is 0 Å². The molecule has 0 bridgehead atoms. The van der Waals surface area contributed by atoms with Crippen molar-refractivity contribution in [3.05, 3.63) is 75.6 Å². The number of carbonyl (C=O) groups is 3. The van der Waals surface area contributed by atoms with E-state index >= 15 is 0 Å². The van der Waals surface area contributed by atoms with Crippen LogP contribution >= 0.6 is 15.9 Å². The molecule has 0 aliphatic carbocycles. The highest BCUT2D eigenvalue weighted by atomic mass is 79.9. The number of ether oxygens (including phenoxy) is 1. The van der Waals surface area contributed by atoms with Crippen molar-refractivity contribution in [1.82, 2.24) is 9.55 Å². The van der Waals surface area contributed by atoms with E-state index in [0.717, 1.165) is 28.7 Å². The molecule has 1 aliphatic rings. The van der Waals surface area contributed by atoms with Gasteiger partial charge in [0.05, 0.1) is 6.42 Å². The molecular weight excluding hydrogens is 512 g/mol. The van der Waals surface area contributed by atoms with E-state index in [9.17, 15) is 14.4 Å². The molecule has 1 aromatic heterocycles. The van der Waals surface area contributed by atoms with E-state index < -0.39 is 11.6 Å². The number of anilines is 2. The second kappa shape index (κ2) is 10.0. The van der Waals surface area contributed by atoms with Crippen molar-refractivity contribution in [1.29, 1.82) is 0 Å². The summed E-state index contributed by atoms with van der Waals surface area (Å²) in [5.74, 6) is -0.0145. The number of carbonyl (C=O) groups excluding carboxylic acids is 3. The molecule has 2 amide bonds. The monoisotopic (exact) mass is 538 g/mol. The molecule has 0 saturated carbocycles. The lowest BCUT2D eigenvalue weighted by Gasteiger charge is -2.20. The van der Waals surface area contributed by atoms with E-state index in [1.165, 1.54) is 0 Å². The fourth-order valence-electron chi connectivity index (χ4n) is 3.85. The van der Waals surface area contributed by atoms with Crippen molar-refractivity contribution in [3.63, 3.8) is 0 Å². The Morgan fingerprint density at radius 3 is 2.51 bits per heavy atom. The molecule has 2 aromatic carbocycles. The molecule has 0 spiro atoms. The van der Waals surface area contributed by atoms with Crippen LogP contribution in [0.1, 0.15) is 59.4 Å². The molecule has 4 rings (SSSR count). The van der Waals surface area contributed by atoms with Gasteiger partial charge < -0.3 is 19.9 Å². The first-order chi connectivity index (χ1) is 16.6. The Morgan fingerprint density at radius 2 is 1.83 bits per heavy atom. The van der Waals surface area contributed by atoms with Crippen molar-refractivity contribution in [2.45, 2.75) is 52.2 Å². The third-order valence-corrected chi connectivity index (χ3v) is 5.84. The summed E-state index contributed by atoms with van der Waals surface area (Å²) in [6.07, 6.45) is 1.74. The average molecular weight is 539 g/mol. The van der Waals surface area contributed by atoms with Crippen LogP contribution in [0.15, 0.2) is 53.0 Å². The van der Waals surface area contributed by atoms with Gasteiger partial charge >= 0.3 is 5.97 Å². The van der Waals surface area contributed by atoms with E-state index in [0.29, 0.717) is 17.8 Å². The van der Waals surface area contributed by atoms with Crippen LogP contribution in [0.2, 0.25) is 0 Å². The molecule has 3 aromatic rings. The summed E-state index contributed by atoms with van der Waals surface area (Å²) in [5, 5.41) is 5.62. The molecule has 1 aliphatic heterocycles. The topological polar surface area (TPSA) is 102 Å². The smallest absolute Gasteiger partial charge is 0.359 e. The molecule has 182 valence electrons. The highest BCUT2D eigenvalue weighted by Crippen LogP contribution is 2.26. The van der Waals surface area contributed by atoms with Crippen LogP contribution in [-0.2, 0) is 28.9 Å². The minimum Gasteiger partial charge on any atom is -0.455 e. The second-order valence-electron chi connectivity index (χ2n) is 9.37. The number of hydrogen-bond donors (Lipinski definition) is 2. The van der Waals surface area contributed by atoms with Gasteiger partial charge in [0.1, 0.15) is 11.4 Å². The molecule has 0 fully saturated rings. The van der Waals surface area contributed by atoms with Gasteiger partial charge in [0.2, 0.25) is 5.91 Å². The third-order valence-electron chi connectivity index (χ3n) is 5.34. The largest absolute Gasteiger partial charge is 0.455 e. The Balaban J connectivity index is 1.41. The minimum atomic E-state index is -0.657. The fourth-order valence-corrected chi connectivity index (χ4v) is 4.25. The van der Waals surface area contributed by atoms with E-state index in [2.05, 4.69) is 31.5 Å². The van der Waals surface area contributed by atoms with Gasteiger partial charge in [0.25, 0.3) is 5.91 Å². The van der Waals surface area contributed by atoms with Gasteiger partial charge in [0, 0.05) is 28.7 Å². The third kappa shape index (κ3) is 6.16. The summed E-state index contributed by atoms with van der Waals surface area (Å²) in [4.78, 5) is 42.5. The van der Waals surface area contributed by atoms with Crippen LogP contribution in [0, 0.1) is 0 Å². The zero-order valence-electron chi connectivity index (χ0n) is 19.9. The van der Waals surface area contributed by atoms with E-state index in [4.69, 9.17) is 4.74 Å². The molecule has 0 saturated heterocycles. The number of imidazole rings is 1. The zero-order valence-corrected chi connectivity index (χ0v) is 21.4. The molecule has 2 heterocycles. The van der Waals surface area contributed by atoms with Gasteiger partial charge in [0.15, 0.2) is 11.5 Å². The molecule has 9 heteroatoms. The van der Waals surface area contributed by atoms with Crippen LogP contribution in [0.25, 0.3) is 0 Å².